The minimum Gasteiger partial charge on any atom is -0.395 e. The molecule has 3 atom stereocenters. The summed E-state index contributed by atoms with van der Waals surface area (Å²) in [6.45, 7) is 1.15. The largest absolute Gasteiger partial charge is 0.461 e. The number of nitrogen functional groups attached to an aromatic ring is 1. The third kappa shape index (κ3) is 3.06. The molecule has 0 bridgehead atoms. The number of nitrogens with one attached hydrogen (secondary N) is 2. The Morgan fingerprint density at radius 1 is 1.59 bits per heavy atom. The van der Waals surface area contributed by atoms with Crippen molar-refractivity contribution in [1.82, 2.24) is 24.6 Å². The number of H-pyrrole nitrogens is 1. The van der Waals surface area contributed by atoms with Gasteiger partial charge in [-0.3, -0.25) is 18.9 Å². The summed E-state index contributed by atoms with van der Waals surface area (Å²) in [5.74, 6) is -0.691. The molecule has 5 N–H and O–H groups in total. The van der Waals surface area contributed by atoms with Crippen LogP contribution in [-0.4, -0.2) is 49.9 Å². The molecule has 4 rings (SSSR count). The first-order valence-electron chi connectivity index (χ1n) is 8.05. The molecule has 2 fully saturated rings. The van der Waals surface area contributed by atoms with Gasteiger partial charge in [-0.05, 0) is 18.9 Å². The molecule has 27 heavy (non-hydrogen) atoms. The molecule has 2 aromatic heterocycles. The molecule has 1 saturated heterocycles. The van der Waals surface area contributed by atoms with Crippen molar-refractivity contribution in [2.75, 3.05) is 18.9 Å². The number of nitrogens with zero attached hydrogens (tertiary/aromatic N) is 3. The van der Waals surface area contributed by atoms with Gasteiger partial charge in [0.05, 0.1) is 13.2 Å². The number of aromatic nitrogens is 4. The molecule has 3 heterocycles. The van der Waals surface area contributed by atoms with E-state index in [1.54, 1.807) is 6.20 Å². The molecule has 1 aliphatic heterocycles. The van der Waals surface area contributed by atoms with Gasteiger partial charge in [-0.25, -0.2) is 14.3 Å². The van der Waals surface area contributed by atoms with Crippen LogP contribution in [0, 0.1) is 5.41 Å². The highest BCUT2D eigenvalue weighted by molar-refractivity contribution is 7.52. The van der Waals surface area contributed by atoms with E-state index in [4.69, 9.17) is 14.8 Å². The average molecular weight is 396 g/mol. The number of aliphatic hydroxyl groups is 1. The Morgan fingerprint density at radius 3 is 3.04 bits per heavy atom. The van der Waals surface area contributed by atoms with E-state index >= 15 is 0 Å². The van der Waals surface area contributed by atoms with E-state index in [9.17, 15) is 19.3 Å². The lowest BCUT2D eigenvalue weighted by atomic mass is 10.1. The molecule has 0 amide bonds. The molecule has 0 aromatic carbocycles. The molecule has 2 unspecified atom stereocenters. The summed E-state index contributed by atoms with van der Waals surface area (Å²) in [5, 5.41) is 12.2. The Balaban J connectivity index is 1.55. The molecule has 144 valence electrons. The first kappa shape index (κ1) is 17.9. The van der Waals surface area contributed by atoms with E-state index in [0.717, 1.165) is 5.57 Å². The summed E-state index contributed by atoms with van der Waals surface area (Å²) in [6, 6.07) is -0.720. The summed E-state index contributed by atoms with van der Waals surface area (Å²) in [6.07, 6.45) is 3.53. The normalized spacial score (nSPS) is 31.6. The van der Waals surface area contributed by atoms with Crippen LogP contribution < -0.4 is 16.4 Å². The van der Waals surface area contributed by atoms with Gasteiger partial charge in [0.2, 0.25) is 5.95 Å². The van der Waals surface area contributed by atoms with Crippen LogP contribution in [0.15, 0.2) is 16.7 Å². The lowest BCUT2D eigenvalue weighted by molar-refractivity contribution is -0.133. The van der Waals surface area contributed by atoms with Crippen molar-refractivity contribution in [3.05, 3.63) is 22.3 Å². The number of nitrogens with two attached hydrogens (primary N) is 1. The molecule has 0 radical (unpaired) electrons. The molecule has 1 aliphatic carbocycles. The lowest BCUT2D eigenvalue weighted by Gasteiger charge is -2.15. The Labute approximate surface area is 152 Å². The number of anilines is 1. The van der Waals surface area contributed by atoms with Crippen molar-refractivity contribution in [3.8, 4) is 0 Å². The number of aliphatic hydroxyl groups excluding tert-OH is 1. The van der Waals surface area contributed by atoms with Crippen LogP contribution in [0.25, 0.3) is 17.4 Å². The third-order valence-electron chi connectivity index (χ3n) is 4.56. The van der Waals surface area contributed by atoms with Crippen LogP contribution in [0.2, 0.25) is 0 Å². The van der Waals surface area contributed by atoms with Crippen molar-refractivity contribution in [2.45, 2.75) is 19.4 Å². The van der Waals surface area contributed by atoms with Crippen LogP contribution in [0.3, 0.4) is 0 Å². The Morgan fingerprint density at radius 2 is 2.37 bits per heavy atom. The van der Waals surface area contributed by atoms with Crippen LogP contribution >= 0.6 is 7.75 Å². The maximum atomic E-state index is 12.3. The fraction of sp³-hybridized carbons (Fsp3) is 0.429. The number of hydrogen-bond donors (Lipinski definition) is 4. The van der Waals surface area contributed by atoms with Gasteiger partial charge in [0, 0.05) is 11.6 Å². The molecule has 2 aromatic rings. The molecular formula is C14H17N6O6P. The Hall–Kier alpha value is -2.53. The maximum absolute atomic E-state index is 12.3. The van der Waals surface area contributed by atoms with E-state index < -0.39 is 30.7 Å². The number of rotatable bonds is 5. The first-order chi connectivity index (χ1) is 12.8. The Kier molecular flexibility index (Phi) is 3.96. The second-order valence-corrected chi connectivity index (χ2v) is 8.27. The average Bonchev–Trinajstić information content (AvgIpc) is 3.03. The predicted molar refractivity (Wildman–Crippen MR) is 93.2 cm³/mol. The van der Waals surface area contributed by atoms with E-state index in [1.807, 2.05) is 0 Å². The van der Waals surface area contributed by atoms with E-state index in [2.05, 4.69) is 20.0 Å². The molecule has 2 aliphatic rings. The number of carbonyl (C=O) groups is 1. The molecule has 1 saturated carbocycles. The van der Waals surface area contributed by atoms with Gasteiger partial charge in [-0.2, -0.15) is 10.1 Å². The number of hydrogen-bond acceptors (Lipinski definition) is 9. The van der Waals surface area contributed by atoms with Gasteiger partial charge in [-0.15, -0.1) is 0 Å². The minimum absolute atomic E-state index is 0.0402. The topological polar surface area (TPSA) is 174 Å². The summed E-state index contributed by atoms with van der Waals surface area (Å²) in [4.78, 5) is 33.6. The van der Waals surface area contributed by atoms with Gasteiger partial charge in [-0.1, -0.05) is 0 Å². The summed E-state index contributed by atoms with van der Waals surface area (Å²) in [5.41, 5.74) is 5.53. The number of aromatic amines is 1. The van der Waals surface area contributed by atoms with E-state index in [0.29, 0.717) is 6.42 Å². The summed E-state index contributed by atoms with van der Waals surface area (Å²) >= 11 is 0. The second-order valence-electron chi connectivity index (χ2n) is 6.58. The maximum Gasteiger partial charge on any atom is 0.461 e. The zero-order valence-electron chi connectivity index (χ0n) is 14.2. The fourth-order valence-electron chi connectivity index (χ4n) is 2.84. The standard InChI is InChI=1S/C14H17N6O6P/c1-7-12(23)26-27(24,19-7)25-5-14(4-21)2-8(14)3-20-6-16-9-10(20)17-13(15)18-11(9)22/h3,6-7,21H,2,4-5H2,1H3,(H,19,24)(H3,15,17,18,22)/b8-3-/t7-,14?,27?/m0/s1. The van der Waals surface area contributed by atoms with Crippen LogP contribution in [0.1, 0.15) is 13.3 Å². The monoisotopic (exact) mass is 396 g/mol. The Bertz CT molecular complexity index is 1080. The number of imidazole rings is 1. The quantitative estimate of drug-likeness (QED) is 0.486. The third-order valence-corrected chi connectivity index (χ3v) is 6.15. The summed E-state index contributed by atoms with van der Waals surface area (Å²) in [7, 11) is -3.73. The zero-order chi connectivity index (χ0) is 19.4. The van der Waals surface area contributed by atoms with Crippen molar-refractivity contribution in [1.29, 1.82) is 0 Å². The highest BCUT2D eigenvalue weighted by atomic mass is 31.2. The van der Waals surface area contributed by atoms with E-state index in [-0.39, 0.29) is 30.3 Å². The van der Waals surface area contributed by atoms with Crippen LogP contribution in [-0.2, 0) is 18.4 Å². The van der Waals surface area contributed by atoms with Gasteiger partial charge >= 0.3 is 13.7 Å². The highest BCUT2D eigenvalue weighted by Crippen LogP contribution is 2.57. The second kappa shape index (κ2) is 5.99. The van der Waals surface area contributed by atoms with Gasteiger partial charge in [0.1, 0.15) is 12.4 Å². The van der Waals surface area contributed by atoms with Crippen molar-refractivity contribution in [2.24, 2.45) is 5.41 Å². The predicted octanol–water partition coefficient (Wildman–Crippen LogP) is -0.415. The first-order valence-corrected chi connectivity index (χ1v) is 9.60. The SMILES string of the molecule is C[C@@H]1NP(=O)(OCC2(CO)C/C2=C/n2cnc3c(=O)[nH]c(N)nc32)OC1=O. The highest BCUT2D eigenvalue weighted by Gasteiger charge is 2.52. The van der Waals surface area contributed by atoms with Crippen molar-refractivity contribution in [3.63, 3.8) is 0 Å². The molecule has 12 nitrogen and oxygen atoms in total. The van der Waals surface area contributed by atoms with Crippen molar-refractivity contribution >= 4 is 37.0 Å². The molecule has 0 spiro atoms. The van der Waals surface area contributed by atoms with Gasteiger partial charge < -0.3 is 15.4 Å². The minimum atomic E-state index is -3.73. The van der Waals surface area contributed by atoms with E-state index in [1.165, 1.54) is 17.8 Å². The molecule has 13 heteroatoms. The smallest absolute Gasteiger partial charge is 0.395 e. The number of carbonyl (C=O) groups excluding carboxylic acids is 1. The van der Waals surface area contributed by atoms with Gasteiger partial charge in [0.25, 0.3) is 5.56 Å². The molecular weight excluding hydrogens is 379 g/mol. The van der Waals surface area contributed by atoms with Gasteiger partial charge in [0.15, 0.2) is 11.2 Å². The van der Waals surface area contributed by atoms with Crippen molar-refractivity contribution < 1.29 is 23.5 Å². The summed E-state index contributed by atoms with van der Waals surface area (Å²) < 4.78 is 23.9. The fourth-order valence-corrected chi connectivity index (χ4v) is 4.41. The van der Waals surface area contributed by atoms with Crippen LogP contribution in [0.5, 0.6) is 0 Å². The number of fused-ring (bicyclic) bond motifs is 1. The lowest BCUT2D eigenvalue weighted by Crippen LogP contribution is -2.22. The van der Waals surface area contributed by atoms with Crippen LogP contribution in [0.4, 0.5) is 5.95 Å². The zero-order valence-corrected chi connectivity index (χ0v) is 15.1.